The van der Waals surface area contributed by atoms with Gasteiger partial charge in [0.1, 0.15) is 12.2 Å². The van der Waals surface area contributed by atoms with Crippen LogP contribution >= 0.6 is 11.5 Å². The Hall–Kier alpha value is -1.34. The maximum atomic E-state index is 3.97. The Morgan fingerprint density at radius 3 is 3.15 bits per heavy atom. The summed E-state index contributed by atoms with van der Waals surface area (Å²) in [5, 5.41) is 15.5. The second-order valence-electron chi connectivity index (χ2n) is 2.43. The zero-order valence-corrected chi connectivity index (χ0v) is 7.58. The average molecular weight is 196 g/mol. The van der Waals surface area contributed by atoms with E-state index in [1.165, 1.54) is 17.9 Å². The van der Waals surface area contributed by atoms with Gasteiger partial charge in [0.05, 0.1) is 12.2 Å². The number of aromatic nitrogens is 5. The quantitative estimate of drug-likeness (QED) is 0.716. The first-order chi connectivity index (χ1) is 6.45. The zero-order chi connectivity index (χ0) is 8.93. The van der Waals surface area contributed by atoms with Crippen molar-refractivity contribution in [3.63, 3.8) is 0 Å². The summed E-state index contributed by atoms with van der Waals surface area (Å²) in [6.45, 7) is 1.37. The third-order valence-corrected chi connectivity index (χ3v) is 2.02. The fourth-order valence-corrected chi connectivity index (χ4v) is 1.34. The number of nitrogens with one attached hydrogen (secondary N) is 2. The summed E-state index contributed by atoms with van der Waals surface area (Å²) in [6.07, 6.45) is 1.49. The van der Waals surface area contributed by atoms with E-state index in [4.69, 9.17) is 0 Å². The summed E-state index contributed by atoms with van der Waals surface area (Å²) in [4.78, 5) is 3.97. The van der Waals surface area contributed by atoms with Gasteiger partial charge in [0.2, 0.25) is 0 Å². The molecule has 0 atom stereocenters. The van der Waals surface area contributed by atoms with E-state index in [0.717, 1.165) is 11.5 Å². The Kier molecular flexibility index (Phi) is 2.58. The number of hydrogen-bond acceptors (Lipinski definition) is 6. The van der Waals surface area contributed by atoms with E-state index in [-0.39, 0.29) is 0 Å². The van der Waals surface area contributed by atoms with Crippen LogP contribution < -0.4 is 5.32 Å². The largest absolute Gasteiger partial charge is 0.304 e. The lowest BCUT2D eigenvalue weighted by molar-refractivity contribution is 0.652. The maximum Gasteiger partial charge on any atom is 0.138 e. The molecule has 13 heavy (non-hydrogen) atoms. The molecule has 0 fully saturated rings. The van der Waals surface area contributed by atoms with Gasteiger partial charge in [-0.25, -0.2) is 4.98 Å². The van der Waals surface area contributed by atoms with Crippen LogP contribution in [-0.4, -0.2) is 24.8 Å². The molecule has 0 aliphatic heterocycles. The van der Waals surface area contributed by atoms with E-state index in [9.17, 15) is 0 Å². The van der Waals surface area contributed by atoms with Gasteiger partial charge < -0.3 is 5.32 Å². The van der Waals surface area contributed by atoms with Gasteiger partial charge in [-0.15, -0.1) is 5.10 Å². The number of nitrogens with zero attached hydrogens (tertiary/aromatic N) is 4. The molecule has 2 aromatic heterocycles. The Balaban J connectivity index is 1.76. The molecule has 0 aromatic carbocycles. The normalized spacial score (nSPS) is 10.5. The number of rotatable bonds is 4. The lowest BCUT2D eigenvalue weighted by atomic mass is 10.5. The molecule has 6 nitrogen and oxygen atoms in total. The highest BCUT2D eigenvalue weighted by atomic mass is 32.1. The van der Waals surface area contributed by atoms with Crippen LogP contribution in [0.1, 0.15) is 11.5 Å². The molecule has 0 saturated heterocycles. The summed E-state index contributed by atoms with van der Waals surface area (Å²) >= 11 is 1.35. The molecular formula is C6H8N6S. The molecule has 0 aliphatic rings. The summed E-state index contributed by atoms with van der Waals surface area (Å²) in [5.41, 5.74) is 0.949. The molecule has 0 amide bonds. The van der Waals surface area contributed by atoms with E-state index in [1.54, 1.807) is 0 Å². The van der Waals surface area contributed by atoms with Crippen LogP contribution in [0.5, 0.6) is 0 Å². The lowest BCUT2D eigenvalue weighted by Gasteiger charge is -1.97. The zero-order valence-electron chi connectivity index (χ0n) is 6.77. The first-order valence-corrected chi connectivity index (χ1v) is 4.59. The third-order valence-electron chi connectivity index (χ3n) is 1.47. The minimum absolute atomic E-state index is 0.664. The molecule has 0 unspecified atom stereocenters. The summed E-state index contributed by atoms with van der Waals surface area (Å²) in [6, 6.07) is 0. The lowest BCUT2D eigenvalue weighted by Crippen LogP contribution is -2.13. The van der Waals surface area contributed by atoms with Crippen LogP contribution in [-0.2, 0) is 13.1 Å². The van der Waals surface area contributed by atoms with Crippen molar-refractivity contribution in [2.45, 2.75) is 13.1 Å². The van der Waals surface area contributed by atoms with Crippen molar-refractivity contribution in [1.82, 2.24) is 30.1 Å². The van der Waals surface area contributed by atoms with Crippen LogP contribution in [0.3, 0.4) is 0 Å². The van der Waals surface area contributed by atoms with Gasteiger partial charge in [-0.3, -0.25) is 5.10 Å². The number of hydrogen-bond donors (Lipinski definition) is 2. The molecule has 2 heterocycles. The monoisotopic (exact) mass is 196 g/mol. The van der Waals surface area contributed by atoms with Gasteiger partial charge in [-0.2, -0.15) is 5.10 Å². The average Bonchev–Trinajstić information content (AvgIpc) is 2.75. The topological polar surface area (TPSA) is 79.4 Å². The van der Waals surface area contributed by atoms with E-state index < -0.39 is 0 Å². The third kappa shape index (κ3) is 2.30. The van der Waals surface area contributed by atoms with Gasteiger partial charge >= 0.3 is 0 Å². The Bertz CT molecular complexity index is 294. The van der Waals surface area contributed by atoms with Crippen LogP contribution in [0.4, 0.5) is 0 Å². The smallest absolute Gasteiger partial charge is 0.138 e. The molecule has 0 radical (unpaired) electrons. The Labute approximate surface area is 78.6 Å². The molecule has 68 valence electrons. The SMILES string of the molecule is c1n[nH]c(CNCc2csnn2)n1. The highest BCUT2D eigenvalue weighted by Gasteiger charge is 1.97. The number of H-pyrrole nitrogens is 1. The molecule has 2 aromatic rings. The first kappa shape index (κ1) is 8.27. The molecule has 0 aliphatic carbocycles. The van der Waals surface area contributed by atoms with Gasteiger partial charge in [0.15, 0.2) is 0 Å². The maximum absolute atomic E-state index is 3.97. The predicted octanol–water partition coefficient (Wildman–Crippen LogP) is -0.0540. The van der Waals surface area contributed by atoms with Crippen LogP contribution in [0, 0.1) is 0 Å². The summed E-state index contributed by atoms with van der Waals surface area (Å²) < 4.78 is 3.75. The van der Waals surface area contributed by atoms with E-state index in [0.29, 0.717) is 13.1 Å². The minimum Gasteiger partial charge on any atom is -0.304 e. The van der Waals surface area contributed by atoms with Gasteiger partial charge in [0.25, 0.3) is 0 Å². The minimum atomic E-state index is 0.664. The standard InChI is InChI=1S/C6H8N6S/c1(5-3-13-12-10-5)7-2-6-8-4-9-11-6/h3-4,7H,1-2H2,(H,8,9,11). The molecule has 7 heteroatoms. The molecule has 2 N–H and O–H groups in total. The van der Waals surface area contributed by atoms with E-state index in [1.807, 2.05) is 5.38 Å². The predicted molar refractivity (Wildman–Crippen MR) is 46.8 cm³/mol. The van der Waals surface area contributed by atoms with Gasteiger partial charge in [-0.05, 0) is 11.5 Å². The van der Waals surface area contributed by atoms with Gasteiger partial charge in [-0.1, -0.05) is 4.49 Å². The second kappa shape index (κ2) is 4.06. The van der Waals surface area contributed by atoms with E-state index in [2.05, 4.69) is 30.1 Å². The fourth-order valence-electron chi connectivity index (χ4n) is 0.886. The van der Waals surface area contributed by atoms with Crippen molar-refractivity contribution in [2.24, 2.45) is 0 Å². The highest BCUT2D eigenvalue weighted by Crippen LogP contribution is 1.96. The fraction of sp³-hybridized carbons (Fsp3) is 0.333. The van der Waals surface area contributed by atoms with Crippen molar-refractivity contribution in [2.75, 3.05) is 0 Å². The molecule has 0 saturated carbocycles. The second-order valence-corrected chi connectivity index (χ2v) is 3.04. The van der Waals surface area contributed by atoms with Crippen molar-refractivity contribution in [1.29, 1.82) is 0 Å². The summed E-state index contributed by atoms with van der Waals surface area (Å²) in [7, 11) is 0. The summed E-state index contributed by atoms with van der Waals surface area (Å²) in [5.74, 6) is 0.822. The van der Waals surface area contributed by atoms with Gasteiger partial charge in [0, 0.05) is 11.9 Å². The number of aromatic amines is 1. The molecule has 0 bridgehead atoms. The Morgan fingerprint density at radius 2 is 2.46 bits per heavy atom. The first-order valence-electron chi connectivity index (χ1n) is 3.76. The molecule has 2 rings (SSSR count). The van der Waals surface area contributed by atoms with Crippen molar-refractivity contribution >= 4 is 11.5 Å². The van der Waals surface area contributed by atoms with Crippen LogP contribution in [0.15, 0.2) is 11.7 Å². The van der Waals surface area contributed by atoms with Crippen molar-refractivity contribution < 1.29 is 0 Å². The highest BCUT2D eigenvalue weighted by molar-refractivity contribution is 7.03. The molecule has 0 spiro atoms. The van der Waals surface area contributed by atoms with Crippen molar-refractivity contribution in [3.8, 4) is 0 Å². The van der Waals surface area contributed by atoms with Crippen molar-refractivity contribution in [3.05, 3.63) is 23.2 Å². The van der Waals surface area contributed by atoms with Crippen LogP contribution in [0.25, 0.3) is 0 Å². The van der Waals surface area contributed by atoms with E-state index >= 15 is 0 Å². The molecular weight excluding hydrogens is 188 g/mol. The Morgan fingerprint density at radius 1 is 1.46 bits per heavy atom. The van der Waals surface area contributed by atoms with Crippen LogP contribution in [0.2, 0.25) is 0 Å².